The van der Waals surface area contributed by atoms with Crippen LogP contribution in [0.15, 0.2) is 36.5 Å². The molecular formula is C16H19FN3. The van der Waals surface area contributed by atoms with Crippen LogP contribution in [0.4, 0.5) is 10.3 Å². The second-order valence-electron chi connectivity index (χ2n) is 5.00. The van der Waals surface area contributed by atoms with Gasteiger partial charge < -0.3 is 5.32 Å². The molecule has 0 amide bonds. The van der Waals surface area contributed by atoms with Gasteiger partial charge in [0.25, 0.3) is 0 Å². The summed E-state index contributed by atoms with van der Waals surface area (Å²) in [6, 6.07) is 8.64. The molecular weight excluding hydrogens is 253 g/mol. The minimum Gasteiger partial charge on any atom is -0.352 e. The average molecular weight is 272 g/mol. The first-order valence-electron chi connectivity index (χ1n) is 6.74. The van der Waals surface area contributed by atoms with E-state index in [1.807, 2.05) is 19.9 Å². The fourth-order valence-corrected chi connectivity index (χ4v) is 2.07. The third-order valence-electron chi connectivity index (χ3n) is 3.01. The fourth-order valence-electron chi connectivity index (χ4n) is 2.07. The van der Waals surface area contributed by atoms with Gasteiger partial charge in [0.15, 0.2) is 0 Å². The summed E-state index contributed by atoms with van der Waals surface area (Å²) in [6.45, 7) is 8.05. The van der Waals surface area contributed by atoms with E-state index in [1.165, 1.54) is 12.1 Å². The lowest BCUT2D eigenvalue weighted by Crippen LogP contribution is -2.14. The molecule has 1 heterocycles. The van der Waals surface area contributed by atoms with Gasteiger partial charge in [0, 0.05) is 18.2 Å². The van der Waals surface area contributed by atoms with E-state index in [2.05, 4.69) is 22.2 Å². The molecule has 1 unspecified atom stereocenters. The highest BCUT2D eigenvalue weighted by Crippen LogP contribution is 2.26. The van der Waals surface area contributed by atoms with Gasteiger partial charge in [-0.05, 0) is 44.0 Å². The number of rotatable bonds is 5. The molecule has 0 aliphatic heterocycles. The smallest absolute Gasteiger partial charge is 0.223 e. The van der Waals surface area contributed by atoms with Crippen molar-refractivity contribution in [2.45, 2.75) is 32.2 Å². The van der Waals surface area contributed by atoms with Gasteiger partial charge in [-0.1, -0.05) is 19.1 Å². The Hall–Kier alpha value is -1.97. The van der Waals surface area contributed by atoms with E-state index in [0.29, 0.717) is 12.4 Å². The molecule has 0 spiro atoms. The van der Waals surface area contributed by atoms with Gasteiger partial charge in [0.2, 0.25) is 5.95 Å². The van der Waals surface area contributed by atoms with Crippen molar-refractivity contribution in [1.82, 2.24) is 9.97 Å². The van der Waals surface area contributed by atoms with Gasteiger partial charge in [-0.25, -0.2) is 14.4 Å². The number of nitrogens with zero attached hydrogens (tertiary/aromatic N) is 2. The van der Waals surface area contributed by atoms with Crippen LogP contribution in [-0.2, 0) is 0 Å². The largest absolute Gasteiger partial charge is 0.352 e. The van der Waals surface area contributed by atoms with Crippen molar-refractivity contribution in [3.63, 3.8) is 0 Å². The quantitative estimate of drug-likeness (QED) is 0.899. The summed E-state index contributed by atoms with van der Waals surface area (Å²) in [6.07, 6.45) is 2.39. The van der Waals surface area contributed by atoms with E-state index in [9.17, 15) is 4.39 Å². The average Bonchev–Trinajstić information content (AvgIpc) is 2.41. The third kappa shape index (κ3) is 3.53. The minimum absolute atomic E-state index is 0.0475. The van der Waals surface area contributed by atoms with E-state index in [-0.39, 0.29) is 17.8 Å². The van der Waals surface area contributed by atoms with Gasteiger partial charge in [-0.2, -0.15) is 0 Å². The topological polar surface area (TPSA) is 37.8 Å². The zero-order valence-electron chi connectivity index (χ0n) is 11.8. The standard InChI is InChI=1S/C16H19FN3/c1-4-14(12-5-7-13(17)8-6-12)15-9-10-18-16(20-15)19-11(2)3/h5-11,14H,1,4H2,2-3H3,(H,18,19,20). The molecule has 4 heteroatoms. The summed E-state index contributed by atoms with van der Waals surface area (Å²) in [5.74, 6) is 0.422. The van der Waals surface area contributed by atoms with Crippen molar-refractivity contribution in [2.24, 2.45) is 0 Å². The second kappa shape index (κ2) is 6.46. The minimum atomic E-state index is -0.235. The Labute approximate surface area is 119 Å². The lowest BCUT2D eigenvalue weighted by Gasteiger charge is -2.16. The van der Waals surface area contributed by atoms with Crippen LogP contribution in [0.1, 0.15) is 37.4 Å². The molecule has 0 bridgehead atoms. The third-order valence-corrected chi connectivity index (χ3v) is 3.01. The van der Waals surface area contributed by atoms with Gasteiger partial charge in [-0.3, -0.25) is 0 Å². The van der Waals surface area contributed by atoms with Crippen molar-refractivity contribution in [3.8, 4) is 0 Å². The number of aromatic nitrogens is 2. The van der Waals surface area contributed by atoms with Crippen molar-refractivity contribution in [2.75, 3.05) is 5.32 Å². The Morgan fingerprint density at radius 1 is 1.20 bits per heavy atom. The highest BCUT2D eigenvalue weighted by Gasteiger charge is 2.14. The van der Waals surface area contributed by atoms with E-state index in [4.69, 9.17) is 0 Å². The molecule has 0 saturated carbocycles. The van der Waals surface area contributed by atoms with E-state index in [0.717, 1.165) is 11.3 Å². The zero-order chi connectivity index (χ0) is 14.5. The van der Waals surface area contributed by atoms with Crippen LogP contribution in [0.2, 0.25) is 0 Å². The highest BCUT2D eigenvalue weighted by molar-refractivity contribution is 5.33. The van der Waals surface area contributed by atoms with Crippen LogP contribution in [-0.4, -0.2) is 16.0 Å². The number of halogens is 1. The maximum atomic E-state index is 13.0. The molecule has 1 N–H and O–H groups in total. The molecule has 1 atom stereocenters. The predicted octanol–water partition coefficient (Wildman–Crippen LogP) is 3.79. The number of benzene rings is 1. The molecule has 1 aromatic heterocycles. The van der Waals surface area contributed by atoms with Crippen molar-refractivity contribution in [3.05, 3.63) is 60.5 Å². The normalized spacial score (nSPS) is 12.4. The number of anilines is 1. The molecule has 1 radical (unpaired) electrons. The van der Waals surface area contributed by atoms with E-state index < -0.39 is 0 Å². The SMILES string of the molecule is [CH2]CC(c1ccc(F)cc1)c1ccnc(NC(C)C)n1. The lowest BCUT2D eigenvalue weighted by molar-refractivity contribution is 0.626. The first-order chi connectivity index (χ1) is 9.60. The zero-order valence-corrected chi connectivity index (χ0v) is 11.8. The molecule has 0 aliphatic carbocycles. The van der Waals surface area contributed by atoms with E-state index >= 15 is 0 Å². The molecule has 2 aromatic rings. The van der Waals surface area contributed by atoms with Crippen molar-refractivity contribution >= 4 is 5.95 Å². The Morgan fingerprint density at radius 2 is 1.90 bits per heavy atom. The first kappa shape index (κ1) is 14.4. The number of hydrogen-bond donors (Lipinski definition) is 1. The van der Waals surface area contributed by atoms with Crippen LogP contribution < -0.4 is 5.32 Å². The number of nitrogens with one attached hydrogen (secondary N) is 1. The second-order valence-corrected chi connectivity index (χ2v) is 5.00. The molecule has 20 heavy (non-hydrogen) atoms. The van der Waals surface area contributed by atoms with Crippen LogP contribution in [0.25, 0.3) is 0 Å². The van der Waals surface area contributed by atoms with Crippen LogP contribution in [0, 0.1) is 12.7 Å². The molecule has 3 nitrogen and oxygen atoms in total. The summed E-state index contributed by atoms with van der Waals surface area (Å²) in [7, 11) is 0. The fraction of sp³-hybridized carbons (Fsp3) is 0.312. The Morgan fingerprint density at radius 3 is 2.50 bits per heavy atom. The van der Waals surface area contributed by atoms with Crippen LogP contribution in [0.3, 0.4) is 0 Å². The Bertz CT molecular complexity index is 552. The summed E-state index contributed by atoms with van der Waals surface area (Å²) in [5, 5.41) is 3.18. The highest BCUT2D eigenvalue weighted by atomic mass is 19.1. The maximum absolute atomic E-state index is 13.0. The molecule has 0 fully saturated rings. The van der Waals surface area contributed by atoms with Gasteiger partial charge in [0.1, 0.15) is 5.82 Å². The molecule has 105 valence electrons. The van der Waals surface area contributed by atoms with Gasteiger partial charge in [0.05, 0.1) is 5.69 Å². The van der Waals surface area contributed by atoms with Gasteiger partial charge in [-0.15, -0.1) is 0 Å². The molecule has 1 aromatic carbocycles. The van der Waals surface area contributed by atoms with Crippen LogP contribution in [0.5, 0.6) is 0 Å². The molecule has 2 rings (SSSR count). The predicted molar refractivity (Wildman–Crippen MR) is 79.0 cm³/mol. The number of hydrogen-bond acceptors (Lipinski definition) is 3. The Balaban J connectivity index is 2.29. The molecule has 0 aliphatic rings. The summed E-state index contributed by atoms with van der Waals surface area (Å²) in [4.78, 5) is 8.73. The van der Waals surface area contributed by atoms with Crippen LogP contribution >= 0.6 is 0 Å². The Kier molecular flexibility index (Phi) is 4.66. The molecule has 0 saturated heterocycles. The lowest BCUT2D eigenvalue weighted by atomic mass is 9.93. The van der Waals surface area contributed by atoms with Crippen molar-refractivity contribution in [1.29, 1.82) is 0 Å². The van der Waals surface area contributed by atoms with Gasteiger partial charge >= 0.3 is 0 Å². The summed E-state index contributed by atoms with van der Waals surface area (Å²) < 4.78 is 13.0. The van der Waals surface area contributed by atoms with E-state index in [1.54, 1.807) is 18.3 Å². The first-order valence-corrected chi connectivity index (χ1v) is 6.74. The van der Waals surface area contributed by atoms with Crippen molar-refractivity contribution < 1.29 is 4.39 Å². The summed E-state index contributed by atoms with van der Waals surface area (Å²) in [5.41, 5.74) is 1.90. The summed E-state index contributed by atoms with van der Waals surface area (Å²) >= 11 is 0. The maximum Gasteiger partial charge on any atom is 0.223 e. The monoisotopic (exact) mass is 272 g/mol.